The Morgan fingerprint density at radius 2 is 1.19 bits per heavy atom. The van der Waals surface area contributed by atoms with Crippen molar-refractivity contribution in [2.24, 2.45) is 0 Å². The van der Waals surface area contributed by atoms with Crippen LogP contribution in [0.4, 0.5) is 0 Å². The molecule has 31 heavy (non-hydrogen) atoms. The SMILES string of the molecule is O=C(Cc1ccccc1)OCc1ccc2c3cccc4cccc(c5cccc1c52)c43. The number of benzene rings is 6. The van der Waals surface area contributed by atoms with Crippen LogP contribution in [0.5, 0.6) is 0 Å². The van der Waals surface area contributed by atoms with Gasteiger partial charge in [-0.2, -0.15) is 0 Å². The molecule has 2 nitrogen and oxygen atoms in total. The Morgan fingerprint density at radius 1 is 0.581 bits per heavy atom. The lowest BCUT2D eigenvalue weighted by Gasteiger charge is -2.16. The van der Waals surface area contributed by atoms with Crippen LogP contribution in [0.2, 0.25) is 0 Å². The van der Waals surface area contributed by atoms with Gasteiger partial charge in [-0.1, -0.05) is 97.1 Å². The average molecular weight is 400 g/mol. The second-order valence-corrected chi connectivity index (χ2v) is 8.03. The zero-order valence-corrected chi connectivity index (χ0v) is 17.0. The second kappa shape index (κ2) is 7.10. The molecule has 6 aromatic carbocycles. The van der Waals surface area contributed by atoms with Gasteiger partial charge in [-0.25, -0.2) is 0 Å². The van der Waals surface area contributed by atoms with Crippen LogP contribution >= 0.6 is 0 Å². The van der Waals surface area contributed by atoms with Crippen LogP contribution in [0.25, 0.3) is 43.1 Å². The highest BCUT2D eigenvalue weighted by atomic mass is 16.5. The number of rotatable bonds is 4. The Morgan fingerprint density at radius 3 is 1.94 bits per heavy atom. The topological polar surface area (TPSA) is 26.3 Å². The molecule has 0 atom stereocenters. The van der Waals surface area contributed by atoms with Crippen molar-refractivity contribution in [1.82, 2.24) is 0 Å². The van der Waals surface area contributed by atoms with Crippen molar-refractivity contribution >= 4 is 49.1 Å². The minimum absolute atomic E-state index is 0.207. The third-order valence-electron chi connectivity index (χ3n) is 6.20. The maximum Gasteiger partial charge on any atom is 0.310 e. The molecule has 0 aliphatic carbocycles. The molecule has 0 N–H and O–H groups in total. The van der Waals surface area contributed by atoms with E-state index in [1.807, 2.05) is 30.3 Å². The monoisotopic (exact) mass is 400 g/mol. The van der Waals surface area contributed by atoms with Crippen LogP contribution in [-0.4, -0.2) is 5.97 Å². The molecule has 0 heterocycles. The first kappa shape index (κ1) is 17.9. The van der Waals surface area contributed by atoms with E-state index in [4.69, 9.17) is 4.74 Å². The molecular formula is C29H20O2. The molecular weight excluding hydrogens is 380 g/mol. The van der Waals surface area contributed by atoms with E-state index in [1.165, 1.54) is 37.7 Å². The fourth-order valence-corrected chi connectivity index (χ4v) is 4.80. The average Bonchev–Trinajstić information content (AvgIpc) is 2.82. The van der Waals surface area contributed by atoms with Crippen molar-refractivity contribution in [3.63, 3.8) is 0 Å². The summed E-state index contributed by atoms with van der Waals surface area (Å²) in [6, 6.07) is 33.4. The lowest BCUT2D eigenvalue weighted by Crippen LogP contribution is -2.08. The molecule has 0 aliphatic rings. The first-order chi connectivity index (χ1) is 15.3. The van der Waals surface area contributed by atoms with Crippen molar-refractivity contribution in [2.45, 2.75) is 13.0 Å². The first-order valence-corrected chi connectivity index (χ1v) is 10.6. The van der Waals surface area contributed by atoms with Crippen molar-refractivity contribution in [1.29, 1.82) is 0 Å². The van der Waals surface area contributed by atoms with Crippen LogP contribution in [0.15, 0.2) is 97.1 Å². The standard InChI is InChI=1S/C29H20O2/c30-27(17-19-7-2-1-3-8-19)31-18-21-15-16-26-24-13-5-10-20-9-4-12-23(28(20)24)25-14-6-11-22(21)29(25)26/h1-16H,17-18H2. The quantitative estimate of drug-likeness (QED) is 0.180. The van der Waals surface area contributed by atoms with Crippen LogP contribution < -0.4 is 0 Å². The third-order valence-corrected chi connectivity index (χ3v) is 6.20. The smallest absolute Gasteiger partial charge is 0.310 e. The highest BCUT2D eigenvalue weighted by Gasteiger charge is 2.15. The predicted molar refractivity (Wildman–Crippen MR) is 128 cm³/mol. The lowest BCUT2D eigenvalue weighted by atomic mass is 9.88. The lowest BCUT2D eigenvalue weighted by molar-refractivity contribution is -0.144. The maximum atomic E-state index is 12.4. The normalized spacial score (nSPS) is 11.6. The van der Waals surface area contributed by atoms with Gasteiger partial charge in [0, 0.05) is 0 Å². The van der Waals surface area contributed by atoms with Gasteiger partial charge in [0.25, 0.3) is 0 Å². The summed E-state index contributed by atoms with van der Waals surface area (Å²) < 4.78 is 5.66. The molecule has 148 valence electrons. The molecule has 2 heteroatoms. The zero-order chi connectivity index (χ0) is 20.8. The van der Waals surface area contributed by atoms with E-state index in [0.29, 0.717) is 0 Å². The van der Waals surface area contributed by atoms with Crippen molar-refractivity contribution in [2.75, 3.05) is 0 Å². The van der Waals surface area contributed by atoms with Gasteiger partial charge in [-0.15, -0.1) is 0 Å². The van der Waals surface area contributed by atoms with Gasteiger partial charge in [-0.05, 0) is 54.2 Å². The molecule has 0 fully saturated rings. The molecule has 6 aromatic rings. The molecule has 0 saturated heterocycles. The molecule has 0 unspecified atom stereocenters. The summed E-state index contributed by atoms with van der Waals surface area (Å²) in [6.45, 7) is 0.276. The second-order valence-electron chi connectivity index (χ2n) is 8.03. The van der Waals surface area contributed by atoms with Crippen LogP contribution in [-0.2, 0) is 22.6 Å². The van der Waals surface area contributed by atoms with Gasteiger partial charge in [-0.3, -0.25) is 4.79 Å². The predicted octanol–water partition coefficient (Wildman–Crippen LogP) is 7.02. The minimum atomic E-state index is -0.207. The maximum absolute atomic E-state index is 12.4. The fourth-order valence-electron chi connectivity index (χ4n) is 4.80. The van der Waals surface area contributed by atoms with Gasteiger partial charge in [0.15, 0.2) is 0 Å². The van der Waals surface area contributed by atoms with E-state index in [9.17, 15) is 4.79 Å². The van der Waals surface area contributed by atoms with Crippen LogP contribution in [0.3, 0.4) is 0 Å². The number of carbonyl (C=O) groups excluding carboxylic acids is 1. The molecule has 6 rings (SSSR count). The van der Waals surface area contributed by atoms with E-state index >= 15 is 0 Å². The number of hydrogen-bond donors (Lipinski definition) is 0. The molecule has 0 aliphatic heterocycles. The Kier molecular flexibility index (Phi) is 4.10. The molecule has 0 radical (unpaired) electrons. The van der Waals surface area contributed by atoms with E-state index in [0.717, 1.165) is 16.5 Å². The largest absolute Gasteiger partial charge is 0.461 e. The van der Waals surface area contributed by atoms with Crippen LogP contribution in [0, 0.1) is 0 Å². The zero-order valence-electron chi connectivity index (χ0n) is 17.0. The van der Waals surface area contributed by atoms with Gasteiger partial charge in [0.2, 0.25) is 0 Å². The Hall–Kier alpha value is -3.91. The highest BCUT2D eigenvalue weighted by molar-refractivity contribution is 6.33. The van der Waals surface area contributed by atoms with Gasteiger partial charge in [0.1, 0.15) is 6.61 Å². The van der Waals surface area contributed by atoms with Crippen molar-refractivity contribution in [3.05, 3.63) is 108 Å². The molecule has 0 amide bonds. The van der Waals surface area contributed by atoms with Crippen molar-refractivity contribution < 1.29 is 9.53 Å². The summed E-state index contributed by atoms with van der Waals surface area (Å²) in [6.07, 6.45) is 0.289. The van der Waals surface area contributed by atoms with E-state index in [2.05, 4.69) is 66.7 Å². The van der Waals surface area contributed by atoms with E-state index < -0.39 is 0 Å². The fraction of sp³-hybridized carbons (Fsp3) is 0.0690. The molecule has 0 aromatic heterocycles. The summed E-state index contributed by atoms with van der Waals surface area (Å²) in [5, 5.41) is 9.99. The molecule has 0 spiro atoms. The Bertz CT molecular complexity index is 1510. The number of esters is 1. The Labute approximate surface area is 180 Å². The summed E-state index contributed by atoms with van der Waals surface area (Å²) in [5.41, 5.74) is 2.00. The van der Waals surface area contributed by atoms with Crippen molar-refractivity contribution in [3.8, 4) is 0 Å². The molecule has 0 bridgehead atoms. The third kappa shape index (κ3) is 2.91. The van der Waals surface area contributed by atoms with Crippen LogP contribution in [0.1, 0.15) is 11.1 Å². The molecule has 0 saturated carbocycles. The summed E-state index contributed by atoms with van der Waals surface area (Å²) in [7, 11) is 0. The number of hydrogen-bond acceptors (Lipinski definition) is 2. The van der Waals surface area contributed by atoms with E-state index in [1.54, 1.807) is 0 Å². The Balaban J connectivity index is 1.45. The summed E-state index contributed by atoms with van der Waals surface area (Å²) >= 11 is 0. The minimum Gasteiger partial charge on any atom is -0.461 e. The first-order valence-electron chi connectivity index (χ1n) is 10.6. The number of ether oxygens (including phenoxy) is 1. The summed E-state index contributed by atoms with van der Waals surface area (Å²) in [5.74, 6) is -0.207. The van der Waals surface area contributed by atoms with E-state index in [-0.39, 0.29) is 19.0 Å². The van der Waals surface area contributed by atoms with Gasteiger partial charge < -0.3 is 4.74 Å². The number of fused-ring (bicyclic) bond motifs is 2. The van der Waals surface area contributed by atoms with Gasteiger partial charge >= 0.3 is 5.97 Å². The number of carbonyl (C=O) groups is 1. The highest BCUT2D eigenvalue weighted by Crippen LogP contribution is 2.40. The summed E-state index contributed by atoms with van der Waals surface area (Å²) in [4.78, 5) is 12.4. The van der Waals surface area contributed by atoms with Gasteiger partial charge in [0.05, 0.1) is 6.42 Å².